The molecule has 0 aromatic rings. The number of rotatable bonds is 2. The minimum Gasteiger partial charge on any atom is -0.384 e. The van der Waals surface area contributed by atoms with Crippen LogP contribution in [0.25, 0.3) is 0 Å². The lowest BCUT2D eigenvalue weighted by Crippen LogP contribution is -2.09. The van der Waals surface area contributed by atoms with Gasteiger partial charge in [0.05, 0.1) is 0 Å². The van der Waals surface area contributed by atoms with Crippen LogP contribution in [-0.2, 0) is 0 Å². The van der Waals surface area contributed by atoms with E-state index in [0.29, 0.717) is 5.92 Å². The first-order valence-electron chi connectivity index (χ1n) is 4.45. The van der Waals surface area contributed by atoms with Gasteiger partial charge in [-0.15, -0.1) is 0 Å². The molecule has 0 spiro atoms. The summed E-state index contributed by atoms with van der Waals surface area (Å²) in [5.74, 6) is 0.528. The molecule has 0 radical (unpaired) electrons. The van der Waals surface area contributed by atoms with Crippen molar-refractivity contribution in [3.8, 4) is 0 Å². The molecule has 1 heterocycles. The molecule has 1 N–H and O–H groups in total. The van der Waals surface area contributed by atoms with Crippen molar-refractivity contribution in [2.45, 2.75) is 20.3 Å². The molecule has 0 saturated carbocycles. The summed E-state index contributed by atoms with van der Waals surface area (Å²) < 4.78 is 0. The minimum atomic E-state index is 0.528. The van der Waals surface area contributed by atoms with E-state index in [0.717, 1.165) is 13.0 Å². The third-order valence-corrected chi connectivity index (χ3v) is 2.21. The van der Waals surface area contributed by atoms with Gasteiger partial charge in [-0.05, 0) is 23.5 Å². The average Bonchev–Trinajstić information content (AvgIpc) is 2.38. The van der Waals surface area contributed by atoms with E-state index < -0.39 is 0 Å². The summed E-state index contributed by atoms with van der Waals surface area (Å²) >= 11 is 0. The maximum absolute atomic E-state index is 4.02. The third kappa shape index (κ3) is 1.60. The van der Waals surface area contributed by atoms with E-state index in [1.165, 1.54) is 16.8 Å². The Morgan fingerprint density at radius 3 is 2.58 bits per heavy atom. The number of nitrogens with one attached hydrogen (secondary N) is 1. The van der Waals surface area contributed by atoms with E-state index in [1.54, 1.807) is 0 Å². The summed E-state index contributed by atoms with van der Waals surface area (Å²) in [6.45, 7) is 13.2. The lowest BCUT2D eigenvalue weighted by molar-refractivity contribution is 0.767. The Morgan fingerprint density at radius 1 is 1.58 bits per heavy atom. The van der Waals surface area contributed by atoms with Crippen molar-refractivity contribution in [2.75, 3.05) is 6.54 Å². The van der Waals surface area contributed by atoms with Gasteiger partial charge in [-0.2, -0.15) is 0 Å². The Bertz CT molecular complexity index is 233. The van der Waals surface area contributed by atoms with Crippen LogP contribution in [0.2, 0.25) is 0 Å². The third-order valence-electron chi connectivity index (χ3n) is 2.21. The van der Waals surface area contributed by atoms with Crippen molar-refractivity contribution < 1.29 is 0 Å². The molecular weight excluding hydrogens is 146 g/mol. The second-order valence-electron chi connectivity index (χ2n) is 3.47. The Labute approximate surface area is 74.9 Å². The van der Waals surface area contributed by atoms with Gasteiger partial charge in [0.2, 0.25) is 0 Å². The normalized spacial score (nSPS) is 21.1. The second-order valence-corrected chi connectivity index (χ2v) is 3.47. The van der Waals surface area contributed by atoms with Gasteiger partial charge in [0, 0.05) is 12.2 Å². The van der Waals surface area contributed by atoms with Crippen molar-refractivity contribution in [3.05, 3.63) is 36.1 Å². The van der Waals surface area contributed by atoms with Crippen molar-refractivity contribution in [2.24, 2.45) is 5.92 Å². The van der Waals surface area contributed by atoms with Crippen LogP contribution in [0.4, 0.5) is 0 Å². The molecule has 66 valence electrons. The molecule has 1 rings (SSSR count). The Balaban J connectivity index is 2.99. The monoisotopic (exact) mass is 163 g/mol. The molecule has 0 aromatic carbocycles. The molecule has 0 amide bonds. The predicted octanol–water partition coefficient (Wildman–Crippen LogP) is 2.63. The first-order chi connectivity index (χ1) is 5.66. The highest BCUT2D eigenvalue weighted by Gasteiger charge is 2.15. The standard InChI is InChI=1S/C11H17N/c1-5-10(8(2)3)11-9(4)6-7-12-11/h5,8,12H,1,4,6-7H2,2-3H3/b11-10-. The van der Waals surface area contributed by atoms with Crippen LogP contribution in [0.1, 0.15) is 20.3 Å². The van der Waals surface area contributed by atoms with E-state index in [1.807, 2.05) is 6.08 Å². The van der Waals surface area contributed by atoms with Crippen molar-refractivity contribution in [1.29, 1.82) is 0 Å². The molecule has 0 bridgehead atoms. The smallest absolute Gasteiger partial charge is 0.0402 e. The zero-order valence-corrected chi connectivity index (χ0v) is 7.98. The highest BCUT2D eigenvalue weighted by Crippen LogP contribution is 2.24. The summed E-state index contributed by atoms with van der Waals surface area (Å²) in [5, 5.41) is 3.35. The van der Waals surface area contributed by atoms with Gasteiger partial charge < -0.3 is 5.32 Å². The molecular formula is C11H17N. The van der Waals surface area contributed by atoms with Gasteiger partial charge in [-0.25, -0.2) is 0 Å². The van der Waals surface area contributed by atoms with E-state index in [-0.39, 0.29) is 0 Å². The minimum absolute atomic E-state index is 0.528. The molecule has 12 heavy (non-hydrogen) atoms. The Kier molecular flexibility index (Phi) is 2.74. The van der Waals surface area contributed by atoms with Gasteiger partial charge in [-0.1, -0.05) is 33.1 Å². The van der Waals surface area contributed by atoms with Gasteiger partial charge in [0.1, 0.15) is 0 Å². The van der Waals surface area contributed by atoms with E-state index in [9.17, 15) is 0 Å². The van der Waals surface area contributed by atoms with E-state index in [2.05, 4.69) is 32.3 Å². The van der Waals surface area contributed by atoms with Gasteiger partial charge in [0.15, 0.2) is 0 Å². The summed E-state index contributed by atoms with van der Waals surface area (Å²) in [6, 6.07) is 0. The fourth-order valence-corrected chi connectivity index (χ4v) is 1.52. The summed E-state index contributed by atoms with van der Waals surface area (Å²) in [6.07, 6.45) is 3.00. The molecule has 1 aliphatic rings. The van der Waals surface area contributed by atoms with Gasteiger partial charge >= 0.3 is 0 Å². The summed E-state index contributed by atoms with van der Waals surface area (Å²) in [5.41, 5.74) is 3.73. The fourth-order valence-electron chi connectivity index (χ4n) is 1.52. The first kappa shape index (κ1) is 9.11. The number of allylic oxidation sites excluding steroid dienone is 3. The molecule has 1 heteroatoms. The van der Waals surface area contributed by atoms with Gasteiger partial charge in [0.25, 0.3) is 0 Å². The van der Waals surface area contributed by atoms with Crippen molar-refractivity contribution >= 4 is 0 Å². The van der Waals surface area contributed by atoms with Crippen LogP contribution >= 0.6 is 0 Å². The zero-order chi connectivity index (χ0) is 9.14. The maximum atomic E-state index is 4.02. The van der Waals surface area contributed by atoms with Crippen LogP contribution in [0.15, 0.2) is 36.1 Å². The topological polar surface area (TPSA) is 12.0 Å². The van der Waals surface area contributed by atoms with E-state index in [4.69, 9.17) is 0 Å². The summed E-state index contributed by atoms with van der Waals surface area (Å²) in [4.78, 5) is 0. The predicted molar refractivity (Wildman–Crippen MR) is 53.8 cm³/mol. The Morgan fingerprint density at radius 2 is 2.25 bits per heavy atom. The molecule has 1 saturated heterocycles. The van der Waals surface area contributed by atoms with Crippen molar-refractivity contribution in [1.82, 2.24) is 5.32 Å². The molecule has 0 unspecified atom stereocenters. The molecule has 0 aromatic heterocycles. The van der Waals surface area contributed by atoms with E-state index >= 15 is 0 Å². The second kappa shape index (κ2) is 3.61. The largest absolute Gasteiger partial charge is 0.384 e. The van der Waals surface area contributed by atoms with Crippen LogP contribution in [0, 0.1) is 5.92 Å². The molecule has 1 aliphatic heterocycles. The molecule has 1 fully saturated rings. The first-order valence-corrected chi connectivity index (χ1v) is 4.45. The van der Waals surface area contributed by atoms with Crippen LogP contribution in [0.3, 0.4) is 0 Å². The lowest BCUT2D eigenvalue weighted by Gasteiger charge is -2.11. The summed E-state index contributed by atoms with van der Waals surface area (Å²) in [7, 11) is 0. The number of hydrogen-bond donors (Lipinski definition) is 1. The van der Waals surface area contributed by atoms with Crippen LogP contribution in [-0.4, -0.2) is 6.54 Å². The zero-order valence-electron chi connectivity index (χ0n) is 7.98. The molecule has 1 nitrogen and oxygen atoms in total. The van der Waals surface area contributed by atoms with Gasteiger partial charge in [-0.3, -0.25) is 0 Å². The highest BCUT2D eigenvalue weighted by molar-refractivity contribution is 5.40. The van der Waals surface area contributed by atoms with Crippen LogP contribution < -0.4 is 5.32 Å². The fraction of sp³-hybridized carbons (Fsp3) is 0.455. The lowest BCUT2D eigenvalue weighted by atomic mass is 9.98. The SMILES string of the molecule is C=C/C(=C1/NCCC1=C)C(C)C. The molecule has 0 aliphatic carbocycles. The molecule has 0 atom stereocenters. The number of hydrogen-bond acceptors (Lipinski definition) is 1. The highest BCUT2D eigenvalue weighted by atomic mass is 14.9. The average molecular weight is 163 g/mol. The Hall–Kier alpha value is -0.980. The quantitative estimate of drug-likeness (QED) is 0.660. The van der Waals surface area contributed by atoms with Crippen LogP contribution in [0.5, 0.6) is 0 Å². The van der Waals surface area contributed by atoms with Crippen molar-refractivity contribution in [3.63, 3.8) is 0 Å². The maximum Gasteiger partial charge on any atom is 0.0402 e.